The number of aromatic nitrogens is 3. The van der Waals surface area contributed by atoms with E-state index in [0.717, 1.165) is 11.3 Å². The number of aromatic amines is 1. The highest BCUT2D eigenvalue weighted by Crippen LogP contribution is 2.38. The molecule has 0 fully saturated rings. The van der Waals surface area contributed by atoms with E-state index in [-0.39, 0.29) is 5.88 Å². The number of nitrogens with two attached hydrogens (primary N) is 1. The number of nitrogens with zero attached hydrogens (tertiary/aromatic N) is 2. The predicted molar refractivity (Wildman–Crippen MR) is 68.9 cm³/mol. The maximum Gasteiger partial charge on any atom is 0.230 e. The minimum Gasteiger partial charge on any atom is -0.367 e. The summed E-state index contributed by atoms with van der Waals surface area (Å²) in [7, 11) is 0. The SMILES string of the molecule is Nc1onc(-c2ccn[nH]2)c1-c1ccccc1Cl. The van der Waals surface area contributed by atoms with Gasteiger partial charge in [0.2, 0.25) is 5.88 Å². The summed E-state index contributed by atoms with van der Waals surface area (Å²) in [6.45, 7) is 0. The van der Waals surface area contributed by atoms with Crippen LogP contribution in [0, 0.1) is 0 Å². The number of nitrogens with one attached hydrogen (secondary N) is 1. The van der Waals surface area contributed by atoms with Crippen LogP contribution in [0.1, 0.15) is 0 Å². The monoisotopic (exact) mass is 260 g/mol. The number of H-pyrrole nitrogens is 1. The molecule has 0 aliphatic carbocycles. The first-order valence-corrected chi connectivity index (χ1v) is 5.65. The molecule has 18 heavy (non-hydrogen) atoms. The minimum atomic E-state index is 0.229. The van der Waals surface area contributed by atoms with Gasteiger partial charge in [-0.2, -0.15) is 5.10 Å². The fraction of sp³-hybridized carbons (Fsp3) is 0. The maximum absolute atomic E-state index is 6.17. The zero-order valence-corrected chi connectivity index (χ0v) is 9.98. The van der Waals surface area contributed by atoms with Crippen LogP contribution in [0.15, 0.2) is 41.1 Å². The van der Waals surface area contributed by atoms with Gasteiger partial charge in [-0.3, -0.25) is 5.10 Å². The van der Waals surface area contributed by atoms with Crippen molar-refractivity contribution in [2.24, 2.45) is 0 Å². The fourth-order valence-electron chi connectivity index (χ4n) is 1.80. The number of hydrogen-bond acceptors (Lipinski definition) is 4. The van der Waals surface area contributed by atoms with Gasteiger partial charge in [-0.25, -0.2) is 0 Å². The highest BCUT2D eigenvalue weighted by Gasteiger charge is 2.19. The lowest BCUT2D eigenvalue weighted by Gasteiger charge is -2.03. The summed E-state index contributed by atoms with van der Waals surface area (Å²) >= 11 is 6.17. The molecule has 0 aliphatic heterocycles. The standard InChI is InChI=1S/C12H9ClN4O/c13-8-4-2-1-3-7(8)10-11(17-18-12(10)14)9-5-6-15-16-9/h1-6H,14H2,(H,15,16). The van der Waals surface area contributed by atoms with E-state index in [2.05, 4.69) is 15.4 Å². The lowest BCUT2D eigenvalue weighted by atomic mass is 10.0. The Bertz CT molecular complexity index is 675. The van der Waals surface area contributed by atoms with Gasteiger partial charge < -0.3 is 10.3 Å². The van der Waals surface area contributed by atoms with Gasteiger partial charge in [-0.05, 0) is 12.1 Å². The highest BCUT2D eigenvalue weighted by atomic mass is 35.5. The van der Waals surface area contributed by atoms with Crippen molar-refractivity contribution in [2.45, 2.75) is 0 Å². The van der Waals surface area contributed by atoms with Crippen LogP contribution >= 0.6 is 11.6 Å². The zero-order valence-electron chi connectivity index (χ0n) is 9.22. The van der Waals surface area contributed by atoms with Gasteiger partial charge in [0.15, 0.2) is 0 Å². The smallest absolute Gasteiger partial charge is 0.230 e. The van der Waals surface area contributed by atoms with Gasteiger partial charge in [-0.1, -0.05) is 35.0 Å². The number of rotatable bonds is 2. The van der Waals surface area contributed by atoms with E-state index in [0.29, 0.717) is 16.3 Å². The molecule has 0 bridgehead atoms. The van der Waals surface area contributed by atoms with Crippen molar-refractivity contribution < 1.29 is 4.52 Å². The van der Waals surface area contributed by atoms with E-state index in [1.54, 1.807) is 18.3 Å². The molecule has 3 rings (SSSR count). The number of anilines is 1. The molecule has 0 saturated heterocycles. The Morgan fingerprint density at radius 2 is 2.06 bits per heavy atom. The Hall–Kier alpha value is -2.27. The van der Waals surface area contributed by atoms with Crippen molar-refractivity contribution in [3.05, 3.63) is 41.6 Å². The third-order valence-corrected chi connectivity index (χ3v) is 2.95. The molecule has 0 atom stereocenters. The fourth-order valence-corrected chi connectivity index (χ4v) is 2.03. The van der Waals surface area contributed by atoms with Crippen LogP contribution in [0.5, 0.6) is 0 Å². The quantitative estimate of drug-likeness (QED) is 0.742. The van der Waals surface area contributed by atoms with Crippen LogP contribution in [0.25, 0.3) is 22.5 Å². The molecule has 0 unspecified atom stereocenters. The second-order valence-corrected chi connectivity index (χ2v) is 4.13. The molecule has 0 amide bonds. The number of benzene rings is 1. The number of nitrogen functional groups attached to an aromatic ring is 1. The van der Waals surface area contributed by atoms with Crippen LogP contribution in [0.4, 0.5) is 5.88 Å². The van der Waals surface area contributed by atoms with E-state index < -0.39 is 0 Å². The molecule has 0 aliphatic rings. The van der Waals surface area contributed by atoms with Crippen LogP contribution in [0.3, 0.4) is 0 Å². The van der Waals surface area contributed by atoms with E-state index >= 15 is 0 Å². The largest absolute Gasteiger partial charge is 0.367 e. The third-order valence-electron chi connectivity index (χ3n) is 2.62. The summed E-state index contributed by atoms with van der Waals surface area (Å²) in [5, 5.41) is 11.2. The molecule has 0 saturated carbocycles. The third kappa shape index (κ3) is 1.65. The zero-order chi connectivity index (χ0) is 12.5. The lowest BCUT2D eigenvalue weighted by molar-refractivity contribution is 0.439. The maximum atomic E-state index is 6.17. The van der Waals surface area contributed by atoms with Crippen LogP contribution in [-0.2, 0) is 0 Å². The summed E-state index contributed by atoms with van der Waals surface area (Å²) in [6, 6.07) is 9.18. The second kappa shape index (κ2) is 4.19. The molecule has 2 heterocycles. The topological polar surface area (TPSA) is 80.7 Å². The Balaban J connectivity index is 2.24. The molecular weight excluding hydrogens is 252 g/mol. The molecule has 3 aromatic rings. The molecule has 5 nitrogen and oxygen atoms in total. The van der Waals surface area contributed by atoms with Crippen LogP contribution in [0.2, 0.25) is 5.02 Å². The van der Waals surface area contributed by atoms with E-state index in [1.165, 1.54) is 0 Å². The van der Waals surface area contributed by atoms with E-state index in [9.17, 15) is 0 Å². The van der Waals surface area contributed by atoms with Gasteiger partial charge in [0.05, 0.1) is 11.3 Å². The minimum absolute atomic E-state index is 0.229. The highest BCUT2D eigenvalue weighted by molar-refractivity contribution is 6.33. The molecule has 0 radical (unpaired) electrons. The summed E-state index contributed by atoms with van der Waals surface area (Å²) < 4.78 is 5.05. The molecule has 2 aromatic heterocycles. The van der Waals surface area contributed by atoms with Crippen LogP contribution < -0.4 is 5.73 Å². The summed E-state index contributed by atoms with van der Waals surface area (Å²) in [4.78, 5) is 0. The predicted octanol–water partition coefficient (Wildman–Crippen LogP) is 2.97. The van der Waals surface area contributed by atoms with Gasteiger partial charge >= 0.3 is 0 Å². The first-order valence-electron chi connectivity index (χ1n) is 5.27. The summed E-state index contributed by atoms with van der Waals surface area (Å²) in [5.74, 6) is 0.229. The Kier molecular flexibility index (Phi) is 2.53. The molecule has 1 aromatic carbocycles. The molecule has 6 heteroatoms. The molecule has 0 spiro atoms. The molecule has 3 N–H and O–H groups in total. The average Bonchev–Trinajstić information content (AvgIpc) is 2.99. The first kappa shape index (κ1) is 10.9. The Morgan fingerprint density at radius 3 is 2.78 bits per heavy atom. The van der Waals surface area contributed by atoms with E-state index in [4.69, 9.17) is 21.9 Å². The van der Waals surface area contributed by atoms with Gasteiger partial charge in [0, 0.05) is 16.8 Å². The number of hydrogen-bond donors (Lipinski definition) is 2. The van der Waals surface area contributed by atoms with E-state index in [1.807, 2.05) is 18.2 Å². The van der Waals surface area contributed by atoms with Crippen molar-refractivity contribution in [1.82, 2.24) is 15.4 Å². The van der Waals surface area contributed by atoms with Gasteiger partial charge in [-0.15, -0.1) is 0 Å². The van der Waals surface area contributed by atoms with Crippen molar-refractivity contribution in [3.63, 3.8) is 0 Å². The normalized spacial score (nSPS) is 10.7. The lowest BCUT2D eigenvalue weighted by Crippen LogP contribution is -1.88. The van der Waals surface area contributed by atoms with Crippen molar-refractivity contribution in [1.29, 1.82) is 0 Å². The summed E-state index contributed by atoms with van der Waals surface area (Å²) in [5.41, 5.74) is 8.60. The van der Waals surface area contributed by atoms with Gasteiger partial charge in [0.25, 0.3) is 0 Å². The first-order chi connectivity index (χ1) is 8.77. The molecular formula is C12H9ClN4O. The number of halogens is 1. The van der Waals surface area contributed by atoms with Crippen LogP contribution in [-0.4, -0.2) is 15.4 Å². The van der Waals surface area contributed by atoms with Gasteiger partial charge in [0.1, 0.15) is 5.69 Å². The van der Waals surface area contributed by atoms with Crippen molar-refractivity contribution in [2.75, 3.05) is 5.73 Å². The molecule has 90 valence electrons. The summed E-state index contributed by atoms with van der Waals surface area (Å²) in [6.07, 6.45) is 1.64. The average molecular weight is 261 g/mol. The second-order valence-electron chi connectivity index (χ2n) is 3.72. The van der Waals surface area contributed by atoms with Crippen molar-refractivity contribution in [3.8, 4) is 22.5 Å². The Labute approximate surface area is 108 Å². The Morgan fingerprint density at radius 1 is 1.22 bits per heavy atom. The van der Waals surface area contributed by atoms with Crippen molar-refractivity contribution >= 4 is 17.5 Å².